The summed E-state index contributed by atoms with van der Waals surface area (Å²) >= 11 is 0. The lowest BCUT2D eigenvalue weighted by molar-refractivity contribution is 0.138. The lowest BCUT2D eigenvalue weighted by Crippen LogP contribution is -2.24. The molecule has 1 heterocycles. The summed E-state index contributed by atoms with van der Waals surface area (Å²) in [5.74, 6) is 1.03. The Hall–Kier alpha value is -1.80. The Labute approximate surface area is 127 Å². The van der Waals surface area contributed by atoms with Crippen LogP contribution in [0.1, 0.15) is 37.9 Å². The summed E-state index contributed by atoms with van der Waals surface area (Å²) in [4.78, 5) is 0. The van der Waals surface area contributed by atoms with Gasteiger partial charge in [0, 0.05) is 12.5 Å². The highest BCUT2D eigenvalue weighted by Gasteiger charge is 2.29. The van der Waals surface area contributed by atoms with Gasteiger partial charge in [-0.2, -0.15) is 0 Å². The zero-order chi connectivity index (χ0) is 15.0. The monoisotopic (exact) mass is 281 g/mol. The SMILES string of the molecule is CNC(C)c1ccc(-c2ccc3c(c2)CC(C)(C)O3)cc1. The van der Waals surface area contributed by atoms with Crippen molar-refractivity contribution in [2.24, 2.45) is 0 Å². The molecular formula is C19H23NO. The Kier molecular flexibility index (Phi) is 3.50. The third-order valence-electron chi connectivity index (χ3n) is 4.24. The molecule has 1 aliphatic heterocycles. The second kappa shape index (κ2) is 5.19. The van der Waals surface area contributed by atoms with Crippen LogP contribution >= 0.6 is 0 Å². The fourth-order valence-corrected chi connectivity index (χ4v) is 2.92. The second-order valence-corrected chi connectivity index (χ2v) is 6.49. The molecule has 0 amide bonds. The highest BCUT2D eigenvalue weighted by atomic mass is 16.5. The van der Waals surface area contributed by atoms with Gasteiger partial charge in [0.15, 0.2) is 0 Å². The van der Waals surface area contributed by atoms with E-state index >= 15 is 0 Å². The molecule has 2 aromatic rings. The van der Waals surface area contributed by atoms with Crippen molar-refractivity contribution in [3.8, 4) is 16.9 Å². The topological polar surface area (TPSA) is 21.3 Å². The molecule has 0 spiro atoms. The molecule has 0 bridgehead atoms. The number of hydrogen-bond acceptors (Lipinski definition) is 2. The first-order valence-corrected chi connectivity index (χ1v) is 7.58. The van der Waals surface area contributed by atoms with Crippen molar-refractivity contribution in [3.05, 3.63) is 53.6 Å². The molecule has 0 saturated carbocycles. The molecule has 2 aromatic carbocycles. The smallest absolute Gasteiger partial charge is 0.123 e. The lowest BCUT2D eigenvalue weighted by Gasteiger charge is -2.16. The maximum absolute atomic E-state index is 5.94. The van der Waals surface area contributed by atoms with Crippen molar-refractivity contribution < 1.29 is 4.74 Å². The number of fused-ring (bicyclic) bond motifs is 1. The van der Waals surface area contributed by atoms with Gasteiger partial charge in [-0.3, -0.25) is 0 Å². The highest BCUT2D eigenvalue weighted by molar-refractivity contribution is 5.66. The van der Waals surface area contributed by atoms with E-state index in [9.17, 15) is 0 Å². The van der Waals surface area contributed by atoms with Crippen LogP contribution in [0.4, 0.5) is 0 Å². The van der Waals surface area contributed by atoms with E-state index in [-0.39, 0.29) is 5.60 Å². The van der Waals surface area contributed by atoms with Crippen LogP contribution < -0.4 is 10.1 Å². The number of benzene rings is 2. The summed E-state index contributed by atoms with van der Waals surface area (Å²) in [7, 11) is 1.99. The molecule has 0 aromatic heterocycles. The van der Waals surface area contributed by atoms with E-state index in [1.807, 2.05) is 7.05 Å². The summed E-state index contributed by atoms with van der Waals surface area (Å²) in [5, 5.41) is 3.27. The molecule has 1 unspecified atom stereocenters. The minimum Gasteiger partial charge on any atom is -0.487 e. The minimum atomic E-state index is -0.0763. The number of nitrogens with one attached hydrogen (secondary N) is 1. The molecule has 2 nitrogen and oxygen atoms in total. The largest absolute Gasteiger partial charge is 0.487 e. The van der Waals surface area contributed by atoms with Crippen molar-refractivity contribution in [1.29, 1.82) is 0 Å². The summed E-state index contributed by atoms with van der Waals surface area (Å²) in [6.45, 7) is 6.45. The molecule has 0 fully saturated rings. The Morgan fingerprint density at radius 3 is 2.38 bits per heavy atom. The first kappa shape index (κ1) is 14.2. The first-order valence-electron chi connectivity index (χ1n) is 7.58. The van der Waals surface area contributed by atoms with Crippen LogP contribution in [0, 0.1) is 0 Å². The van der Waals surface area contributed by atoms with E-state index in [1.165, 1.54) is 22.3 Å². The summed E-state index contributed by atoms with van der Waals surface area (Å²) in [6.07, 6.45) is 0.977. The van der Waals surface area contributed by atoms with E-state index < -0.39 is 0 Å². The third-order valence-corrected chi connectivity index (χ3v) is 4.24. The van der Waals surface area contributed by atoms with Crippen molar-refractivity contribution >= 4 is 0 Å². The average molecular weight is 281 g/mol. The fourth-order valence-electron chi connectivity index (χ4n) is 2.92. The van der Waals surface area contributed by atoms with Crippen molar-refractivity contribution in [1.82, 2.24) is 5.32 Å². The van der Waals surface area contributed by atoms with Gasteiger partial charge in [0.25, 0.3) is 0 Å². The van der Waals surface area contributed by atoms with Crippen LogP contribution in [0.5, 0.6) is 5.75 Å². The molecule has 0 saturated heterocycles. The first-order chi connectivity index (χ1) is 9.98. The molecular weight excluding hydrogens is 258 g/mol. The Morgan fingerprint density at radius 1 is 1.05 bits per heavy atom. The number of hydrogen-bond donors (Lipinski definition) is 1. The Bertz CT molecular complexity index is 643. The normalized spacial score (nSPS) is 17.1. The van der Waals surface area contributed by atoms with Gasteiger partial charge >= 0.3 is 0 Å². The highest BCUT2D eigenvalue weighted by Crippen LogP contribution is 2.37. The molecule has 3 rings (SSSR count). The Morgan fingerprint density at radius 2 is 1.71 bits per heavy atom. The number of ether oxygens (including phenoxy) is 1. The lowest BCUT2D eigenvalue weighted by atomic mass is 9.96. The van der Waals surface area contributed by atoms with Gasteiger partial charge in [-0.15, -0.1) is 0 Å². The van der Waals surface area contributed by atoms with Gasteiger partial charge in [0.05, 0.1) is 0 Å². The van der Waals surface area contributed by atoms with Crippen LogP contribution in [-0.2, 0) is 6.42 Å². The minimum absolute atomic E-state index is 0.0763. The molecule has 0 radical (unpaired) electrons. The molecule has 0 aliphatic carbocycles. The van der Waals surface area contributed by atoms with Gasteiger partial charge < -0.3 is 10.1 Å². The van der Waals surface area contributed by atoms with E-state index in [2.05, 4.69) is 68.6 Å². The molecule has 21 heavy (non-hydrogen) atoms. The van der Waals surface area contributed by atoms with Crippen LogP contribution in [-0.4, -0.2) is 12.6 Å². The summed E-state index contributed by atoms with van der Waals surface area (Å²) < 4.78 is 5.94. The molecule has 110 valence electrons. The fraction of sp³-hybridized carbons (Fsp3) is 0.368. The van der Waals surface area contributed by atoms with Gasteiger partial charge in [0.2, 0.25) is 0 Å². The quantitative estimate of drug-likeness (QED) is 0.903. The van der Waals surface area contributed by atoms with E-state index in [0.717, 1.165) is 12.2 Å². The van der Waals surface area contributed by atoms with E-state index in [4.69, 9.17) is 4.74 Å². The third kappa shape index (κ3) is 2.81. The van der Waals surface area contributed by atoms with E-state index in [1.54, 1.807) is 0 Å². The van der Waals surface area contributed by atoms with Crippen molar-refractivity contribution in [3.63, 3.8) is 0 Å². The molecule has 2 heteroatoms. The predicted octanol–water partition coefficient (Wildman–Crippen LogP) is 4.35. The number of rotatable bonds is 3. The van der Waals surface area contributed by atoms with Gasteiger partial charge in [0.1, 0.15) is 11.4 Å². The van der Waals surface area contributed by atoms with Crippen molar-refractivity contribution in [2.75, 3.05) is 7.05 Å². The molecule has 1 atom stereocenters. The summed E-state index contributed by atoms with van der Waals surface area (Å²) in [5.41, 5.74) is 5.07. The predicted molar refractivity (Wildman–Crippen MR) is 87.8 cm³/mol. The Balaban J connectivity index is 1.89. The second-order valence-electron chi connectivity index (χ2n) is 6.49. The van der Waals surface area contributed by atoms with Crippen LogP contribution in [0.3, 0.4) is 0 Å². The van der Waals surface area contributed by atoms with Crippen LogP contribution in [0.2, 0.25) is 0 Å². The van der Waals surface area contributed by atoms with Crippen LogP contribution in [0.15, 0.2) is 42.5 Å². The zero-order valence-corrected chi connectivity index (χ0v) is 13.2. The van der Waals surface area contributed by atoms with Gasteiger partial charge in [-0.05, 0) is 62.2 Å². The maximum atomic E-state index is 5.94. The molecule has 1 N–H and O–H groups in total. The van der Waals surface area contributed by atoms with E-state index in [0.29, 0.717) is 6.04 Å². The standard InChI is InChI=1S/C19H23NO/c1-13(20-4)14-5-7-15(8-6-14)16-9-10-18-17(11-16)12-19(2,3)21-18/h5-11,13,20H,12H2,1-4H3. The summed E-state index contributed by atoms with van der Waals surface area (Å²) in [6, 6.07) is 15.7. The maximum Gasteiger partial charge on any atom is 0.123 e. The average Bonchev–Trinajstić information content (AvgIpc) is 2.79. The van der Waals surface area contributed by atoms with Gasteiger partial charge in [-0.1, -0.05) is 30.3 Å². The zero-order valence-electron chi connectivity index (χ0n) is 13.2. The van der Waals surface area contributed by atoms with Crippen molar-refractivity contribution in [2.45, 2.75) is 38.8 Å². The van der Waals surface area contributed by atoms with Gasteiger partial charge in [-0.25, -0.2) is 0 Å². The van der Waals surface area contributed by atoms with Crippen LogP contribution in [0.25, 0.3) is 11.1 Å². The molecule has 1 aliphatic rings.